The summed E-state index contributed by atoms with van der Waals surface area (Å²) >= 11 is 0. The van der Waals surface area contributed by atoms with Crippen molar-refractivity contribution in [2.24, 2.45) is 0 Å². The quantitative estimate of drug-likeness (QED) is 0.590. The van der Waals surface area contributed by atoms with Gasteiger partial charge in [-0.3, -0.25) is 20.2 Å². The topological polar surface area (TPSA) is 89.5 Å². The first-order chi connectivity index (χ1) is 8.49. The second kappa shape index (κ2) is 6.14. The van der Waals surface area contributed by atoms with E-state index < -0.39 is 9.85 Å². The van der Waals surface area contributed by atoms with Crippen LogP contribution in [0.1, 0.15) is 5.56 Å². The Bertz CT molecular complexity index is 470. The smallest absolute Gasteiger partial charge is 0.250 e. The molecule has 0 atom stereocenters. The van der Waals surface area contributed by atoms with E-state index in [2.05, 4.69) is 0 Å². The first-order valence-corrected chi connectivity index (χ1v) is 4.97. The molecular formula is C11H11N3O4. The number of hydrogen-bond acceptors (Lipinski definition) is 5. The fourth-order valence-corrected chi connectivity index (χ4v) is 1.19. The third-order valence-electron chi connectivity index (χ3n) is 2.03. The normalized spacial score (nSPS) is 10.9. The molecule has 0 amide bonds. The number of nitrogens with zero attached hydrogens (tertiary/aromatic N) is 3. The van der Waals surface area contributed by atoms with Gasteiger partial charge in [-0.05, 0) is 19.1 Å². The lowest BCUT2D eigenvalue weighted by molar-refractivity contribution is -0.403. The van der Waals surface area contributed by atoms with E-state index in [4.69, 9.17) is 0 Å². The SMILES string of the molecule is Cc1ccc(N(/C=C\[N+](=O)[O-])/C=C\[N+](=O)[O-])cc1. The van der Waals surface area contributed by atoms with Crippen molar-refractivity contribution in [2.45, 2.75) is 6.92 Å². The van der Waals surface area contributed by atoms with Gasteiger partial charge in [-0.15, -0.1) is 0 Å². The van der Waals surface area contributed by atoms with Crippen molar-refractivity contribution in [1.29, 1.82) is 0 Å². The maximum Gasteiger partial charge on any atom is 0.250 e. The third kappa shape index (κ3) is 4.44. The average molecular weight is 249 g/mol. The molecular weight excluding hydrogens is 238 g/mol. The van der Waals surface area contributed by atoms with E-state index in [9.17, 15) is 20.2 Å². The van der Waals surface area contributed by atoms with E-state index in [1.165, 1.54) is 4.90 Å². The predicted octanol–water partition coefficient (Wildman–Crippen LogP) is 2.30. The van der Waals surface area contributed by atoms with Crippen molar-refractivity contribution in [1.82, 2.24) is 0 Å². The van der Waals surface area contributed by atoms with Crippen molar-refractivity contribution in [3.05, 3.63) is 74.9 Å². The Balaban J connectivity index is 2.99. The van der Waals surface area contributed by atoms with Gasteiger partial charge in [0, 0.05) is 5.69 Å². The molecule has 0 aromatic heterocycles. The van der Waals surface area contributed by atoms with Crippen molar-refractivity contribution >= 4 is 5.69 Å². The van der Waals surface area contributed by atoms with Crippen LogP contribution in [-0.4, -0.2) is 9.85 Å². The minimum atomic E-state index is -0.638. The molecule has 0 saturated carbocycles. The summed E-state index contributed by atoms with van der Waals surface area (Å²) in [6.45, 7) is 1.90. The number of nitro groups is 2. The molecule has 0 fully saturated rings. The fraction of sp³-hybridized carbons (Fsp3) is 0.0909. The molecule has 0 heterocycles. The van der Waals surface area contributed by atoms with Gasteiger partial charge in [-0.25, -0.2) is 0 Å². The van der Waals surface area contributed by atoms with Crippen LogP contribution in [0, 0.1) is 27.2 Å². The lowest BCUT2D eigenvalue weighted by Gasteiger charge is -2.12. The van der Waals surface area contributed by atoms with Gasteiger partial charge in [0.15, 0.2) is 0 Å². The highest BCUT2D eigenvalue weighted by Crippen LogP contribution is 2.16. The van der Waals surface area contributed by atoms with E-state index in [-0.39, 0.29) is 0 Å². The lowest BCUT2D eigenvalue weighted by Crippen LogP contribution is -2.08. The van der Waals surface area contributed by atoms with Gasteiger partial charge in [0.1, 0.15) is 0 Å². The molecule has 0 unspecified atom stereocenters. The molecule has 7 heteroatoms. The van der Waals surface area contributed by atoms with Gasteiger partial charge >= 0.3 is 0 Å². The Kier molecular flexibility index (Phi) is 4.56. The molecule has 0 saturated heterocycles. The Morgan fingerprint density at radius 2 is 1.44 bits per heavy atom. The average Bonchev–Trinajstić information content (AvgIpc) is 2.30. The maximum atomic E-state index is 10.3. The zero-order valence-electron chi connectivity index (χ0n) is 9.59. The molecule has 0 N–H and O–H groups in total. The van der Waals surface area contributed by atoms with E-state index in [0.717, 1.165) is 18.0 Å². The lowest BCUT2D eigenvalue weighted by atomic mass is 10.2. The van der Waals surface area contributed by atoms with Crippen LogP contribution in [0.15, 0.2) is 49.1 Å². The van der Waals surface area contributed by atoms with Crippen LogP contribution in [0.3, 0.4) is 0 Å². The van der Waals surface area contributed by atoms with E-state index in [0.29, 0.717) is 18.1 Å². The first kappa shape index (κ1) is 13.4. The van der Waals surface area contributed by atoms with Gasteiger partial charge < -0.3 is 4.90 Å². The Morgan fingerprint density at radius 1 is 1.00 bits per heavy atom. The van der Waals surface area contributed by atoms with Crippen LogP contribution in [0.5, 0.6) is 0 Å². The van der Waals surface area contributed by atoms with Crippen molar-refractivity contribution in [3.8, 4) is 0 Å². The van der Waals surface area contributed by atoms with E-state index in [1.54, 1.807) is 12.1 Å². The highest BCUT2D eigenvalue weighted by molar-refractivity contribution is 5.52. The molecule has 0 spiro atoms. The molecule has 7 nitrogen and oxygen atoms in total. The van der Waals surface area contributed by atoms with E-state index in [1.807, 2.05) is 19.1 Å². The van der Waals surface area contributed by atoms with Gasteiger partial charge in [0.05, 0.1) is 22.2 Å². The first-order valence-electron chi connectivity index (χ1n) is 4.97. The Labute approximate surface area is 103 Å². The van der Waals surface area contributed by atoms with Crippen molar-refractivity contribution in [2.75, 3.05) is 4.90 Å². The van der Waals surface area contributed by atoms with Gasteiger partial charge in [-0.2, -0.15) is 0 Å². The molecule has 0 aliphatic carbocycles. The molecule has 0 aliphatic rings. The molecule has 1 rings (SSSR count). The molecule has 0 radical (unpaired) electrons. The summed E-state index contributed by atoms with van der Waals surface area (Å²) in [6, 6.07) is 7.04. The number of benzene rings is 1. The minimum Gasteiger partial charge on any atom is -0.312 e. The van der Waals surface area contributed by atoms with E-state index >= 15 is 0 Å². The standard InChI is InChI=1S/C11H11N3O4/c1-10-2-4-11(5-3-10)12(6-8-13(15)16)7-9-14(17)18/h2-9H,1H3/b8-6-,9-7-. The van der Waals surface area contributed by atoms with Gasteiger partial charge in [0.25, 0.3) is 12.4 Å². The zero-order valence-corrected chi connectivity index (χ0v) is 9.59. The molecule has 1 aromatic carbocycles. The minimum absolute atomic E-state index is 0.594. The summed E-state index contributed by atoms with van der Waals surface area (Å²) in [5, 5.41) is 20.5. The Hall–Kier alpha value is -2.70. The Morgan fingerprint density at radius 3 is 1.83 bits per heavy atom. The van der Waals surface area contributed by atoms with Crippen LogP contribution >= 0.6 is 0 Å². The number of rotatable bonds is 5. The summed E-state index contributed by atoms with van der Waals surface area (Å²) in [6.07, 6.45) is 3.71. The largest absolute Gasteiger partial charge is 0.312 e. The summed E-state index contributed by atoms with van der Waals surface area (Å²) in [5.74, 6) is 0. The van der Waals surface area contributed by atoms with Gasteiger partial charge in [-0.1, -0.05) is 17.7 Å². The zero-order chi connectivity index (χ0) is 13.5. The van der Waals surface area contributed by atoms with Crippen LogP contribution in [0.25, 0.3) is 0 Å². The van der Waals surface area contributed by atoms with Gasteiger partial charge in [0.2, 0.25) is 0 Å². The predicted molar refractivity (Wildman–Crippen MR) is 65.9 cm³/mol. The summed E-state index contributed by atoms with van der Waals surface area (Å²) < 4.78 is 0. The molecule has 94 valence electrons. The van der Waals surface area contributed by atoms with Crippen LogP contribution in [0.2, 0.25) is 0 Å². The highest BCUT2D eigenvalue weighted by atomic mass is 16.6. The molecule has 0 bridgehead atoms. The second-order valence-electron chi connectivity index (χ2n) is 3.41. The van der Waals surface area contributed by atoms with Crippen LogP contribution in [-0.2, 0) is 0 Å². The van der Waals surface area contributed by atoms with Crippen molar-refractivity contribution < 1.29 is 9.85 Å². The number of anilines is 1. The number of aryl methyl sites for hydroxylation is 1. The molecule has 18 heavy (non-hydrogen) atoms. The molecule has 1 aromatic rings. The fourth-order valence-electron chi connectivity index (χ4n) is 1.19. The number of hydrogen-bond donors (Lipinski definition) is 0. The van der Waals surface area contributed by atoms with Crippen LogP contribution in [0.4, 0.5) is 5.69 Å². The monoisotopic (exact) mass is 249 g/mol. The maximum absolute atomic E-state index is 10.3. The summed E-state index contributed by atoms with van der Waals surface area (Å²) in [5.41, 5.74) is 1.62. The second-order valence-corrected chi connectivity index (χ2v) is 3.41. The van der Waals surface area contributed by atoms with Crippen LogP contribution < -0.4 is 4.90 Å². The highest BCUT2D eigenvalue weighted by Gasteiger charge is 2.02. The summed E-state index contributed by atoms with van der Waals surface area (Å²) in [4.78, 5) is 20.5. The molecule has 0 aliphatic heterocycles. The third-order valence-corrected chi connectivity index (χ3v) is 2.03. The summed E-state index contributed by atoms with van der Waals surface area (Å²) in [7, 11) is 0. The van der Waals surface area contributed by atoms with Crippen molar-refractivity contribution in [3.63, 3.8) is 0 Å².